The molecular formula is C9H15NO2. The van der Waals surface area contributed by atoms with Gasteiger partial charge in [-0.3, -0.25) is 14.9 Å². The maximum atomic E-state index is 11.3. The maximum Gasteiger partial charge on any atom is 0.230 e. The molecule has 68 valence electrons. The minimum atomic E-state index is -0.109. The number of carbonyl (C=O) groups excluding carboxylic acids is 2. The summed E-state index contributed by atoms with van der Waals surface area (Å²) in [5.74, 6) is -0.149. The molecule has 0 saturated carbocycles. The number of hydrogen-bond donors (Lipinski definition) is 1. The van der Waals surface area contributed by atoms with Crippen LogP contribution in [0.2, 0.25) is 0 Å². The summed E-state index contributed by atoms with van der Waals surface area (Å²) >= 11 is 0. The predicted octanol–water partition coefficient (Wildman–Crippen LogP) is 0.941. The Hall–Kier alpha value is -0.860. The van der Waals surface area contributed by atoms with Crippen molar-refractivity contribution in [1.29, 1.82) is 0 Å². The Balaban J connectivity index is 2.82. The van der Waals surface area contributed by atoms with Gasteiger partial charge in [-0.25, -0.2) is 0 Å². The summed E-state index contributed by atoms with van der Waals surface area (Å²) in [6.07, 6.45) is 0.750. The number of carbonyl (C=O) groups is 2. The van der Waals surface area contributed by atoms with Crippen LogP contribution in [0.3, 0.4) is 0 Å². The molecule has 2 unspecified atom stereocenters. The number of amides is 2. The van der Waals surface area contributed by atoms with Crippen LogP contribution in [0.25, 0.3) is 0 Å². The highest BCUT2D eigenvalue weighted by Crippen LogP contribution is 2.28. The molecule has 12 heavy (non-hydrogen) atoms. The maximum absolute atomic E-state index is 11.3. The van der Waals surface area contributed by atoms with Gasteiger partial charge in [0.15, 0.2) is 0 Å². The lowest BCUT2D eigenvalue weighted by molar-refractivity contribution is -0.126. The monoisotopic (exact) mass is 169 g/mol. The molecule has 0 aliphatic carbocycles. The van der Waals surface area contributed by atoms with E-state index in [9.17, 15) is 9.59 Å². The van der Waals surface area contributed by atoms with Gasteiger partial charge in [0.2, 0.25) is 11.8 Å². The SMILES string of the molecule is CCC1C(=O)NC(=O)C1C(C)C. The Kier molecular flexibility index (Phi) is 2.50. The van der Waals surface area contributed by atoms with Crippen LogP contribution < -0.4 is 5.32 Å². The summed E-state index contributed by atoms with van der Waals surface area (Å²) in [4.78, 5) is 22.5. The molecule has 1 N–H and O–H groups in total. The number of hydrogen-bond acceptors (Lipinski definition) is 2. The Bertz CT molecular complexity index is 211. The quantitative estimate of drug-likeness (QED) is 0.625. The molecular weight excluding hydrogens is 154 g/mol. The van der Waals surface area contributed by atoms with Crippen LogP contribution >= 0.6 is 0 Å². The molecule has 2 atom stereocenters. The van der Waals surface area contributed by atoms with Gasteiger partial charge in [0.05, 0.1) is 5.92 Å². The van der Waals surface area contributed by atoms with E-state index in [1.54, 1.807) is 0 Å². The molecule has 0 aromatic carbocycles. The topological polar surface area (TPSA) is 46.2 Å². The lowest BCUT2D eigenvalue weighted by Gasteiger charge is -2.16. The summed E-state index contributed by atoms with van der Waals surface area (Å²) in [6.45, 7) is 5.90. The highest BCUT2D eigenvalue weighted by Gasteiger charge is 2.41. The molecule has 0 radical (unpaired) electrons. The van der Waals surface area contributed by atoms with Crippen molar-refractivity contribution in [3.63, 3.8) is 0 Å². The van der Waals surface area contributed by atoms with E-state index >= 15 is 0 Å². The second-order valence-electron chi connectivity index (χ2n) is 3.64. The van der Waals surface area contributed by atoms with Crippen LogP contribution in [0.15, 0.2) is 0 Å². The first-order valence-electron chi connectivity index (χ1n) is 4.42. The zero-order chi connectivity index (χ0) is 9.30. The summed E-state index contributed by atoms with van der Waals surface area (Å²) in [6, 6.07) is 0. The van der Waals surface area contributed by atoms with Gasteiger partial charge in [0, 0.05) is 5.92 Å². The van der Waals surface area contributed by atoms with Crippen LogP contribution in [-0.2, 0) is 9.59 Å². The van der Waals surface area contributed by atoms with E-state index in [1.165, 1.54) is 0 Å². The third kappa shape index (κ3) is 1.36. The lowest BCUT2D eigenvalue weighted by Crippen LogP contribution is -2.24. The first-order valence-corrected chi connectivity index (χ1v) is 4.42. The number of nitrogens with one attached hydrogen (secondary N) is 1. The highest BCUT2D eigenvalue weighted by molar-refractivity contribution is 6.05. The van der Waals surface area contributed by atoms with E-state index < -0.39 is 0 Å². The minimum Gasteiger partial charge on any atom is -0.296 e. The molecule has 3 nitrogen and oxygen atoms in total. The Labute approximate surface area is 72.5 Å². The smallest absolute Gasteiger partial charge is 0.230 e. The number of rotatable bonds is 2. The Morgan fingerprint density at radius 3 is 2.25 bits per heavy atom. The molecule has 1 fully saturated rings. The van der Waals surface area contributed by atoms with Gasteiger partial charge in [-0.1, -0.05) is 20.8 Å². The van der Waals surface area contributed by atoms with E-state index in [4.69, 9.17) is 0 Å². The number of imide groups is 1. The van der Waals surface area contributed by atoms with E-state index in [2.05, 4.69) is 5.32 Å². The summed E-state index contributed by atoms with van der Waals surface area (Å²) in [5, 5.41) is 2.37. The van der Waals surface area contributed by atoms with Gasteiger partial charge >= 0.3 is 0 Å². The zero-order valence-electron chi connectivity index (χ0n) is 7.76. The third-order valence-electron chi connectivity index (χ3n) is 2.48. The van der Waals surface area contributed by atoms with E-state index in [0.717, 1.165) is 6.42 Å². The van der Waals surface area contributed by atoms with Crippen LogP contribution in [-0.4, -0.2) is 11.8 Å². The van der Waals surface area contributed by atoms with E-state index in [1.807, 2.05) is 20.8 Å². The van der Waals surface area contributed by atoms with Gasteiger partial charge < -0.3 is 0 Å². The van der Waals surface area contributed by atoms with Crippen molar-refractivity contribution in [3.05, 3.63) is 0 Å². The van der Waals surface area contributed by atoms with Gasteiger partial charge in [-0.15, -0.1) is 0 Å². The molecule has 0 bridgehead atoms. The summed E-state index contributed by atoms with van der Waals surface area (Å²) in [5.41, 5.74) is 0. The molecule has 0 spiro atoms. The average molecular weight is 169 g/mol. The fraction of sp³-hybridized carbons (Fsp3) is 0.778. The highest BCUT2D eigenvalue weighted by atomic mass is 16.2. The van der Waals surface area contributed by atoms with E-state index in [-0.39, 0.29) is 29.6 Å². The van der Waals surface area contributed by atoms with Crippen molar-refractivity contribution in [2.75, 3.05) is 0 Å². The van der Waals surface area contributed by atoms with Crippen LogP contribution in [0, 0.1) is 17.8 Å². The second-order valence-corrected chi connectivity index (χ2v) is 3.64. The molecule has 0 aromatic heterocycles. The fourth-order valence-electron chi connectivity index (χ4n) is 1.85. The molecule has 1 aliphatic rings. The minimum absolute atomic E-state index is 0.0955. The summed E-state index contributed by atoms with van der Waals surface area (Å²) < 4.78 is 0. The molecule has 2 amide bonds. The van der Waals surface area contributed by atoms with Crippen LogP contribution in [0.1, 0.15) is 27.2 Å². The average Bonchev–Trinajstić information content (AvgIpc) is 2.24. The molecule has 3 heteroatoms. The fourth-order valence-corrected chi connectivity index (χ4v) is 1.85. The molecule has 1 saturated heterocycles. The Morgan fingerprint density at radius 2 is 1.92 bits per heavy atom. The first kappa shape index (κ1) is 9.23. The third-order valence-corrected chi connectivity index (χ3v) is 2.48. The van der Waals surface area contributed by atoms with Crippen molar-refractivity contribution >= 4 is 11.8 Å². The normalized spacial score (nSPS) is 29.7. The molecule has 1 heterocycles. The first-order chi connectivity index (χ1) is 5.57. The van der Waals surface area contributed by atoms with Crippen molar-refractivity contribution < 1.29 is 9.59 Å². The Morgan fingerprint density at radius 1 is 1.33 bits per heavy atom. The van der Waals surface area contributed by atoms with Gasteiger partial charge in [0.25, 0.3) is 0 Å². The van der Waals surface area contributed by atoms with Crippen molar-refractivity contribution in [1.82, 2.24) is 5.32 Å². The standard InChI is InChI=1S/C9H15NO2/c1-4-6-7(5(2)3)9(12)10-8(6)11/h5-7H,4H2,1-3H3,(H,10,11,12). The van der Waals surface area contributed by atoms with Gasteiger partial charge in [-0.2, -0.15) is 0 Å². The van der Waals surface area contributed by atoms with Crippen molar-refractivity contribution in [2.24, 2.45) is 17.8 Å². The van der Waals surface area contributed by atoms with Gasteiger partial charge in [0.1, 0.15) is 0 Å². The lowest BCUT2D eigenvalue weighted by atomic mass is 9.84. The summed E-state index contributed by atoms with van der Waals surface area (Å²) in [7, 11) is 0. The predicted molar refractivity (Wildman–Crippen MR) is 45.3 cm³/mol. The van der Waals surface area contributed by atoms with Crippen LogP contribution in [0.4, 0.5) is 0 Å². The van der Waals surface area contributed by atoms with Crippen LogP contribution in [0.5, 0.6) is 0 Å². The molecule has 1 rings (SSSR count). The van der Waals surface area contributed by atoms with Gasteiger partial charge in [-0.05, 0) is 12.3 Å². The second kappa shape index (κ2) is 3.25. The van der Waals surface area contributed by atoms with Crippen molar-refractivity contribution in [2.45, 2.75) is 27.2 Å². The van der Waals surface area contributed by atoms with Crippen molar-refractivity contribution in [3.8, 4) is 0 Å². The molecule has 0 aromatic rings. The zero-order valence-corrected chi connectivity index (χ0v) is 7.76. The largest absolute Gasteiger partial charge is 0.296 e. The van der Waals surface area contributed by atoms with E-state index in [0.29, 0.717) is 0 Å². The molecule has 1 aliphatic heterocycles.